The molecular formula is C45H57ClN2O3. The van der Waals surface area contributed by atoms with Crippen molar-refractivity contribution in [1.82, 2.24) is 9.88 Å². The monoisotopic (exact) mass is 708 g/mol. The summed E-state index contributed by atoms with van der Waals surface area (Å²) in [4.78, 5) is 25.6. The van der Waals surface area contributed by atoms with E-state index in [1.54, 1.807) is 0 Å². The van der Waals surface area contributed by atoms with Crippen molar-refractivity contribution >= 4 is 34.4 Å². The molecule has 2 N–H and O–H groups in total. The minimum atomic E-state index is -0.978. The number of aliphatic carboxylic acids is 1. The highest BCUT2D eigenvalue weighted by molar-refractivity contribution is 6.31. The van der Waals surface area contributed by atoms with Crippen molar-refractivity contribution < 1.29 is 14.7 Å². The number of hydrogen-bond acceptors (Lipinski definition) is 2. The molecular weight excluding hydrogens is 652 g/mol. The van der Waals surface area contributed by atoms with Gasteiger partial charge in [-0.25, -0.2) is 0 Å². The molecule has 1 aromatic heterocycles. The van der Waals surface area contributed by atoms with Gasteiger partial charge >= 0.3 is 5.97 Å². The van der Waals surface area contributed by atoms with E-state index in [9.17, 15) is 14.7 Å². The average molecular weight is 709 g/mol. The summed E-state index contributed by atoms with van der Waals surface area (Å²) < 4.78 is 2.62. The highest BCUT2D eigenvalue weighted by atomic mass is 35.5. The Hall–Kier alpha value is -3.05. The van der Waals surface area contributed by atoms with Crippen LogP contribution in [0.15, 0.2) is 60.7 Å². The second-order valence-corrected chi connectivity index (χ2v) is 19.3. The molecule has 3 aromatic rings. The Labute approximate surface area is 309 Å². The molecule has 5 nitrogen and oxygen atoms in total. The number of aromatic nitrogens is 1. The maximum Gasteiger partial charge on any atom is 0.322 e. The van der Waals surface area contributed by atoms with Gasteiger partial charge in [-0.15, -0.1) is 0 Å². The number of carbonyl (C=O) groups is 2. The summed E-state index contributed by atoms with van der Waals surface area (Å²) in [5, 5.41) is 14.4. The van der Waals surface area contributed by atoms with Gasteiger partial charge in [-0.3, -0.25) is 9.59 Å². The number of nitrogens with zero attached hydrogens (tertiary/aromatic N) is 1. The summed E-state index contributed by atoms with van der Waals surface area (Å²) in [7, 11) is 0. The zero-order chi connectivity index (χ0) is 36.3. The van der Waals surface area contributed by atoms with Crippen molar-refractivity contribution in [2.45, 2.75) is 111 Å². The van der Waals surface area contributed by atoms with Crippen molar-refractivity contribution in [2.75, 3.05) is 6.54 Å². The second-order valence-electron chi connectivity index (χ2n) is 18.9. The fourth-order valence-electron chi connectivity index (χ4n) is 14.5. The zero-order valence-corrected chi connectivity index (χ0v) is 32.3. The molecule has 5 aliphatic carbocycles. The molecule has 0 spiro atoms. The predicted molar refractivity (Wildman–Crippen MR) is 206 cm³/mol. The molecule has 51 heavy (non-hydrogen) atoms. The van der Waals surface area contributed by atoms with E-state index in [-0.39, 0.29) is 40.0 Å². The number of allylic oxidation sites excluding steroid dienone is 1. The van der Waals surface area contributed by atoms with Crippen LogP contribution in [-0.2, 0) is 28.0 Å². The standard InChI is InChI=1S/C45H57ClN2O3/c1-27(2)30-17-20-45(40(51)47-25-37(49)50)22-21-43(6)33(38(30)45)14-16-36-42(5)24-32-31-23-29(46)13-15-34(31)48(26-28-11-9-8-10-12-28)39(32)41(3,4)35(42)18-19-44(36,43)7/h8-13,15,23,30,33,35-36,38H,1,14,16-22,24-26H2,2-7H3,(H,47,51)(H,49,50)/t30-,33?,35?,36?,38?,42-,43+,44+,45-/m0/s1. The van der Waals surface area contributed by atoms with Crippen LogP contribution in [0.4, 0.5) is 0 Å². The summed E-state index contributed by atoms with van der Waals surface area (Å²) in [5.41, 5.74) is 6.59. The van der Waals surface area contributed by atoms with Crippen molar-refractivity contribution in [3.05, 3.63) is 82.5 Å². The number of carboxylic acids is 1. The summed E-state index contributed by atoms with van der Waals surface area (Å²) in [6, 6.07) is 17.4. The lowest BCUT2D eigenvalue weighted by Gasteiger charge is -2.72. The summed E-state index contributed by atoms with van der Waals surface area (Å²) in [6.45, 7) is 20.1. The summed E-state index contributed by atoms with van der Waals surface area (Å²) in [5.74, 6) is 1.01. The van der Waals surface area contributed by atoms with E-state index >= 15 is 0 Å². The SMILES string of the molecule is C=C(C)[C@@H]1CC[C@]2(C(=O)NCC(=O)O)CC[C@]3(C)C(CCC4[C@@]5(C)Cc6c(n(Cc7ccccc7)c7ccc(Cl)cc67)C(C)(C)C5CC[C@]43C)C12. The van der Waals surface area contributed by atoms with E-state index in [1.807, 2.05) is 0 Å². The lowest BCUT2D eigenvalue weighted by Crippen LogP contribution is -2.67. The van der Waals surface area contributed by atoms with Gasteiger partial charge in [0.1, 0.15) is 6.54 Å². The molecule has 4 fully saturated rings. The van der Waals surface area contributed by atoms with E-state index < -0.39 is 11.4 Å². The number of carboxylic acid groups (broad SMARTS) is 1. The molecule has 0 aliphatic heterocycles. The van der Waals surface area contributed by atoms with Crippen LogP contribution in [0.25, 0.3) is 10.9 Å². The number of carbonyl (C=O) groups excluding carboxylic acids is 1. The van der Waals surface area contributed by atoms with Crippen LogP contribution >= 0.6 is 11.6 Å². The molecule has 4 unspecified atom stereocenters. The van der Waals surface area contributed by atoms with Crippen LogP contribution in [-0.4, -0.2) is 28.1 Å². The maximum atomic E-state index is 14.1. The molecule has 8 rings (SSSR count). The van der Waals surface area contributed by atoms with Crippen molar-refractivity contribution in [3.8, 4) is 0 Å². The summed E-state index contributed by atoms with van der Waals surface area (Å²) >= 11 is 6.78. The van der Waals surface area contributed by atoms with Gasteiger partial charge in [-0.1, -0.05) is 88.7 Å². The molecule has 6 heteroatoms. The Bertz CT molecular complexity index is 1930. The molecule has 4 saturated carbocycles. The van der Waals surface area contributed by atoms with Crippen molar-refractivity contribution in [3.63, 3.8) is 0 Å². The normalized spacial score (nSPS) is 37.7. The Morgan fingerprint density at radius 3 is 2.37 bits per heavy atom. The summed E-state index contributed by atoms with van der Waals surface area (Å²) in [6.07, 6.45) is 9.42. The predicted octanol–water partition coefficient (Wildman–Crippen LogP) is 10.2. The van der Waals surface area contributed by atoms with E-state index in [1.165, 1.54) is 52.6 Å². The van der Waals surface area contributed by atoms with E-state index in [0.29, 0.717) is 23.7 Å². The molecule has 2 aromatic carbocycles. The van der Waals surface area contributed by atoms with Crippen LogP contribution < -0.4 is 5.32 Å². The second kappa shape index (κ2) is 11.7. The Morgan fingerprint density at radius 2 is 1.67 bits per heavy atom. The smallest absolute Gasteiger partial charge is 0.322 e. The van der Waals surface area contributed by atoms with Crippen LogP contribution in [0.5, 0.6) is 0 Å². The number of nitrogens with one attached hydrogen (secondary N) is 1. The van der Waals surface area contributed by atoms with Crippen LogP contribution in [0, 0.1) is 51.2 Å². The maximum absolute atomic E-state index is 14.1. The number of amides is 1. The molecule has 0 bridgehead atoms. The minimum Gasteiger partial charge on any atom is -0.480 e. The Balaban J connectivity index is 1.21. The Morgan fingerprint density at radius 1 is 0.922 bits per heavy atom. The van der Waals surface area contributed by atoms with Crippen molar-refractivity contribution in [1.29, 1.82) is 0 Å². The molecule has 0 saturated heterocycles. The highest BCUT2D eigenvalue weighted by Crippen LogP contribution is 2.77. The average Bonchev–Trinajstić information content (AvgIpc) is 3.61. The third kappa shape index (κ3) is 4.77. The van der Waals surface area contributed by atoms with Gasteiger partial charge in [0.25, 0.3) is 0 Å². The third-order valence-electron chi connectivity index (χ3n) is 16.5. The van der Waals surface area contributed by atoms with Gasteiger partial charge in [-0.2, -0.15) is 0 Å². The first-order valence-corrected chi connectivity index (χ1v) is 20.0. The number of benzene rings is 2. The number of halogens is 1. The van der Waals surface area contributed by atoms with Crippen LogP contribution in [0.2, 0.25) is 5.02 Å². The molecule has 0 radical (unpaired) electrons. The van der Waals surface area contributed by atoms with Gasteiger partial charge in [0.15, 0.2) is 0 Å². The third-order valence-corrected chi connectivity index (χ3v) is 16.8. The van der Waals surface area contributed by atoms with E-state index in [0.717, 1.165) is 50.1 Å². The molecule has 5 aliphatic rings. The topological polar surface area (TPSA) is 71.3 Å². The quantitative estimate of drug-likeness (QED) is 0.251. The van der Waals surface area contributed by atoms with Gasteiger partial charge in [0.2, 0.25) is 5.91 Å². The molecule has 1 heterocycles. The number of fused-ring (bicyclic) bond motifs is 10. The number of hydrogen-bond donors (Lipinski definition) is 2. The van der Waals surface area contributed by atoms with Gasteiger partial charge in [-0.05, 0) is 140 Å². The highest BCUT2D eigenvalue weighted by Gasteiger charge is 2.72. The largest absolute Gasteiger partial charge is 0.480 e. The van der Waals surface area contributed by atoms with Gasteiger partial charge in [0, 0.05) is 33.6 Å². The molecule has 1 amide bonds. The minimum absolute atomic E-state index is 0.0257. The molecule has 9 atom stereocenters. The zero-order valence-electron chi connectivity index (χ0n) is 31.6. The fourth-order valence-corrected chi connectivity index (χ4v) is 14.6. The van der Waals surface area contributed by atoms with E-state index in [2.05, 4.69) is 107 Å². The fraction of sp³-hybridized carbons (Fsp3) is 0.600. The number of rotatable bonds is 6. The van der Waals surface area contributed by atoms with Gasteiger partial charge in [0.05, 0.1) is 5.41 Å². The van der Waals surface area contributed by atoms with Crippen LogP contribution in [0.1, 0.15) is 110 Å². The van der Waals surface area contributed by atoms with Crippen molar-refractivity contribution in [2.24, 2.45) is 51.2 Å². The first-order valence-electron chi connectivity index (χ1n) is 19.6. The van der Waals surface area contributed by atoms with Gasteiger partial charge < -0.3 is 15.0 Å². The lowest BCUT2D eigenvalue weighted by molar-refractivity contribution is -0.225. The first-order chi connectivity index (χ1) is 24.1. The van der Waals surface area contributed by atoms with Crippen LogP contribution in [0.3, 0.4) is 0 Å². The first kappa shape index (κ1) is 35.0. The molecule has 272 valence electrons. The van der Waals surface area contributed by atoms with E-state index in [4.69, 9.17) is 11.6 Å². The Kier molecular flexibility index (Phi) is 8.05. The lowest BCUT2D eigenvalue weighted by atomic mass is 9.32.